The van der Waals surface area contributed by atoms with Gasteiger partial charge in [0, 0.05) is 5.33 Å². The van der Waals surface area contributed by atoms with Gasteiger partial charge in [-0.05, 0) is 25.0 Å². The van der Waals surface area contributed by atoms with Gasteiger partial charge in [-0.25, -0.2) is 4.79 Å². The van der Waals surface area contributed by atoms with Gasteiger partial charge in [-0.3, -0.25) is 0 Å². The fraction of sp³-hybridized carbons (Fsp3) is 0.417. The maximum atomic E-state index is 11.8. The number of carbonyl (C=O) groups is 1. The number of carbonyl (C=O) groups excluding carboxylic acids is 1. The van der Waals surface area contributed by atoms with E-state index in [4.69, 9.17) is 9.47 Å². The monoisotopic (exact) mass is 286 g/mol. The molecule has 1 rings (SSSR count). The number of esters is 1. The molecule has 0 fully saturated rings. The summed E-state index contributed by atoms with van der Waals surface area (Å²) in [4.78, 5) is 11.8. The highest BCUT2D eigenvalue weighted by molar-refractivity contribution is 9.08. The first-order chi connectivity index (χ1) is 7.65. The quantitative estimate of drug-likeness (QED) is 0.630. The zero-order chi connectivity index (χ0) is 12.1. The number of ether oxygens (including phenoxy) is 2. The predicted molar refractivity (Wildman–Crippen MR) is 66.3 cm³/mol. The molecule has 0 aliphatic carbocycles. The van der Waals surface area contributed by atoms with Gasteiger partial charge in [-0.15, -0.1) is 0 Å². The highest BCUT2D eigenvalue weighted by Gasteiger charge is 2.19. The first-order valence-corrected chi connectivity index (χ1v) is 6.17. The number of rotatable bonds is 4. The predicted octanol–water partition coefficient (Wildman–Crippen LogP) is 3.08. The van der Waals surface area contributed by atoms with E-state index in [0.29, 0.717) is 23.2 Å². The van der Waals surface area contributed by atoms with E-state index in [1.807, 2.05) is 19.1 Å². The molecule has 0 unspecified atom stereocenters. The molecular formula is C12H15BrO3. The van der Waals surface area contributed by atoms with Gasteiger partial charge in [0.15, 0.2) is 0 Å². The van der Waals surface area contributed by atoms with Crippen LogP contribution in [0.25, 0.3) is 0 Å². The second-order valence-corrected chi connectivity index (χ2v) is 3.86. The van der Waals surface area contributed by atoms with E-state index in [0.717, 1.165) is 11.1 Å². The first kappa shape index (κ1) is 13.0. The lowest BCUT2D eigenvalue weighted by molar-refractivity contribution is 0.0521. The molecular weight excluding hydrogens is 272 g/mol. The van der Waals surface area contributed by atoms with Crippen molar-refractivity contribution in [1.82, 2.24) is 0 Å². The van der Waals surface area contributed by atoms with Crippen molar-refractivity contribution in [2.75, 3.05) is 13.7 Å². The van der Waals surface area contributed by atoms with Crippen LogP contribution in [0, 0.1) is 6.92 Å². The number of alkyl halides is 1. The lowest BCUT2D eigenvalue weighted by atomic mass is 10.0. The van der Waals surface area contributed by atoms with E-state index < -0.39 is 0 Å². The summed E-state index contributed by atoms with van der Waals surface area (Å²) in [6, 6.07) is 3.83. The van der Waals surface area contributed by atoms with E-state index in [9.17, 15) is 4.79 Å². The van der Waals surface area contributed by atoms with E-state index >= 15 is 0 Å². The number of hydrogen-bond acceptors (Lipinski definition) is 3. The molecule has 0 spiro atoms. The molecule has 16 heavy (non-hydrogen) atoms. The van der Waals surface area contributed by atoms with Crippen LogP contribution in [-0.2, 0) is 10.1 Å². The molecule has 0 amide bonds. The molecule has 0 aliphatic rings. The fourth-order valence-electron chi connectivity index (χ4n) is 1.53. The number of aryl methyl sites for hydroxylation is 1. The molecule has 1 aromatic rings. The minimum atomic E-state index is -0.336. The number of methoxy groups -OCH3 is 1. The molecule has 0 radical (unpaired) electrons. The fourth-order valence-corrected chi connectivity index (χ4v) is 2.00. The zero-order valence-electron chi connectivity index (χ0n) is 9.67. The summed E-state index contributed by atoms with van der Waals surface area (Å²) in [5.74, 6) is 0.257. The van der Waals surface area contributed by atoms with Crippen LogP contribution in [0.15, 0.2) is 12.1 Å². The lowest BCUT2D eigenvalue weighted by Gasteiger charge is -2.13. The molecule has 0 aromatic heterocycles. The van der Waals surface area contributed by atoms with Crippen LogP contribution in [0.2, 0.25) is 0 Å². The molecule has 1 aromatic carbocycles. The van der Waals surface area contributed by atoms with Crippen LogP contribution in [0.4, 0.5) is 0 Å². The summed E-state index contributed by atoms with van der Waals surface area (Å²) in [6.07, 6.45) is 0. The molecule has 0 saturated heterocycles. The maximum Gasteiger partial charge on any atom is 0.342 e. The van der Waals surface area contributed by atoms with Crippen LogP contribution < -0.4 is 4.74 Å². The molecule has 4 heteroatoms. The summed E-state index contributed by atoms with van der Waals surface area (Å²) in [5, 5.41) is 0.595. The first-order valence-electron chi connectivity index (χ1n) is 5.05. The third-order valence-corrected chi connectivity index (χ3v) is 2.87. The Labute approximate surface area is 104 Å². The van der Waals surface area contributed by atoms with Crippen LogP contribution in [0.5, 0.6) is 5.75 Å². The van der Waals surface area contributed by atoms with Crippen molar-refractivity contribution in [2.24, 2.45) is 0 Å². The van der Waals surface area contributed by atoms with Gasteiger partial charge in [-0.2, -0.15) is 0 Å². The Bertz CT molecular complexity index is 388. The van der Waals surface area contributed by atoms with Gasteiger partial charge in [0.25, 0.3) is 0 Å². The van der Waals surface area contributed by atoms with E-state index in [1.54, 1.807) is 14.0 Å². The lowest BCUT2D eigenvalue weighted by Crippen LogP contribution is -2.10. The van der Waals surface area contributed by atoms with Gasteiger partial charge < -0.3 is 9.47 Å². The second-order valence-electron chi connectivity index (χ2n) is 3.30. The zero-order valence-corrected chi connectivity index (χ0v) is 11.3. The SMILES string of the molecule is CCOC(=O)c1c(CBr)ccc(C)c1OC. The van der Waals surface area contributed by atoms with Gasteiger partial charge in [-0.1, -0.05) is 28.1 Å². The molecule has 0 atom stereocenters. The molecule has 88 valence electrons. The molecule has 0 heterocycles. The maximum absolute atomic E-state index is 11.8. The Kier molecular flexibility index (Phi) is 4.80. The third kappa shape index (κ3) is 2.55. The average Bonchev–Trinajstić information content (AvgIpc) is 2.28. The average molecular weight is 287 g/mol. The van der Waals surface area contributed by atoms with Gasteiger partial charge in [0.2, 0.25) is 0 Å². The second kappa shape index (κ2) is 5.89. The summed E-state index contributed by atoms with van der Waals surface area (Å²) in [7, 11) is 1.56. The normalized spacial score (nSPS) is 10.0. The van der Waals surface area contributed by atoms with Crippen molar-refractivity contribution >= 4 is 21.9 Å². The summed E-state index contributed by atoms with van der Waals surface area (Å²) in [5.41, 5.74) is 2.32. The topological polar surface area (TPSA) is 35.5 Å². The Morgan fingerprint density at radius 1 is 1.44 bits per heavy atom. The minimum Gasteiger partial charge on any atom is -0.496 e. The Morgan fingerprint density at radius 2 is 2.12 bits per heavy atom. The van der Waals surface area contributed by atoms with Crippen molar-refractivity contribution in [2.45, 2.75) is 19.2 Å². The molecule has 0 aliphatic heterocycles. The molecule has 0 saturated carbocycles. The summed E-state index contributed by atoms with van der Waals surface area (Å²) >= 11 is 3.35. The third-order valence-electron chi connectivity index (χ3n) is 2.27. The minimum absolute atomic E-state index is 0.336. The Hall–Kier alpha value is -1.03. The highest BCUT2D eigenvalue weighted by Crippen LogP contribution is 2.28. The van der Waals surface area contributed by atoms with Gasteiger partial charge in [0.1, 0.15) is 11.3 Å². The van der Waals surface area contributed by atoms with Crippen molar-refractivity contribution < 1.29 is 14.3 Å². The smallest absolute Gasteiger partial charge is 0.342 e. The van der Waals surface area contributed by atoms with Crippen molar-refractivity contribution in [1.29, 1.82) is 0 Å². The van der Waals surface area contributed by atoms with Crippen LogP contribution in [0.1, 0.15) is 28.4 Å². The summed E-state index contributed by atoms with van der Waals surface area (Å²) in [6.45, 7) is 4.05. The highest BCUT2D eigenvalue weighted by atomic mass is 79.9. The van der Waals surface area contributed by atoms with Crippen LogP contribution in [-0.4, -0.2) is 19.7 Å². The Morgan fingerprint density at radius 3 is 2.62 bits per heavy atom. The number of benzene rings is 1. The largest absolute Gasteiger partial charge is 0.496 e. The van der Waals surface area contributed by atoms with Gasteiger partial charge in [0.05, 0.1) is 13.7 Å². The Balaban J connectivity index is 3.30. The van der Waals surface area contributed by atoms with Crippen molar-refractivity contribution in [3.05, 3.63) is 28.8 Å². The number of halogens is 1. The van der Waals surface area contributed by atoms with Crippen LogP contribution in [0.3, 0.4) is 0 Å². The van der Waals surface area contributed by atoms with Crippen molar-refractivity contribution in [3.8, 4) is 5.75 Å². The van der Waals surface area contributed by atoms with E-state index in [2.05, 4.69) is 15.9 Å². The van der Waals surface area contributed by atoms with E-state index in [1.165, 1.54) is 0 Å². The van der Waals surface area contributed by atoms with Gasteiger partial charge >= 0.3 is 5.97 Å². The van der Waals surface area contributed by atoms with Crippen molar-refractivity contribution in [3.63, 3.8) is 0 Å². The molecule has 0 bridgehead atoms. The summed E-state index contributed by atoms with van der Waals surface area (Å²) < 4.78 is 10.3. The molecule has 0 N–H and O–H groups in total. The number of hydrogen-bond donors (Lipinski definition) is 0. The molecule has 3 nitrogen and oxygen atoms in total. The van der Waals surface area contributed by atoms with Crippen LogP contribution >= 0.6 is 15.9 Å². The standard InChI is InChI=1S/C12H15BrO3/c1-4-16-12(14)10-9(7-13)6-5-8(2)11(10)15-3/h5-6H,4,7H2,1-3H3. The van der Waals surface area contributed by atoms with E-state index in [-0.39, 0.29) is 5.97 Å².